The molecule has 0 spiro atoms. The summed E-state index contributed by atoms with van der Waals surface area (Å²) < 4.78 is 11.2. The van der Waals surface area contributed by atoms with Crippen molar-refractivity contribution in [2.75, 3.05) is 13.2 Å². The topological polar surface area (TPSA) is 84.4 Å². The molecule has 0 fully saturated rings. The SMILES string of the molecule is C=CCOc1ccc(/C=C/c2nc3c(C(=O)O)cccc3[nH]2)cc1OCC. The number of H-pyrrole nitrogens is 1. The molecule has 0 aliphatic carbocycles. The van der Waals surface area contributed by atoms with Crippen molar-refractivity contribution in [3.63, 3.8) is 0 Å². The van der Waals surface area contributed by atoms with Crippen LogP contribution < -0.4 is 9.47 Å². The Labute approximate surface area is 156 Å². The van der Waals surface area contributed by atoms with Gasteiger partial charge in [0.25, 0.3) is 0 Å². The van der Waals surface area contributed by atoms with Crippen molar-refractivity contribution >= 4 is 29.2 Å². The van der Waals surface area contributed by atoms with Gasteiger partial charge in [-0.25, -0.2) is 9.78 Å². The minimum Gasteiger partial charge on any atom is -0.490 e. The summed E-state index contributed by atoms with van der Waals surface area (Å²) in [6, 6.07) is 10.6. The number of imidazole rings is 1. The Hall–Kier alpha value is -3.54. The molecule has 138 valence electrons. The minimum atomic E-state index is -1.00. The predicted octanol–water partition coefficient (Wildman–Crippen LogP) is 4.40. The van der Waals surface area contributed by atoms with E-state index >= 15 is 0 Å². The van der Waals surface area contributed by atoms with Crippen molar-refractivity contribution in [1.29, 1.82) is 0 Å². The van der Waals surface area contributed by atoms with Gasteiger partial charge in [-0.2, -0.15) is 0 Å². The first-order valence-electron chi connectivity index (χ1n) is 8.53. The number of para-hydroxylation sites is 1. The van der Waals surface area contributed by atoms with Gasteiger partial charge in [0.2, 0.25) is 0 Å². The molecule has 1 aromatic heterocycles. The maximum Gasteiger partial charge on any atom is 0.337 e. The van der Waals surface area contributed by atoms with E-state index < -0.39 is 5.97 Å². The van der Waals surface area contributed by atoms with Crippen LogP contribution in [0.4, 0.5) is 0 Å². The highest BCUT2D eigenvalue weighted by Crippen LogP contribution is 2.29. The average molecular weight is 364 g/mol. The maximum atomic E-state index is 11.3. The van der Waals surface area contributed by atoms with E-state index in [4.69, 9.17) is 9.47 Å². The zero-order valence-electron chi connectivity index (χ0n) is 14.9. The van der Waals surface area contributed by atoms with Crippen molar-refractivity contribution < 1.29 is 19.4 Å². The molecule has 0 atom stereocenters. The molecule has 0 amide bonds. The number of rotatable bonds is 8. The summed E-state index contributed by atoms with van der Waals surface area (Å²) in [4.78, 5) is 18.8. The van der Waals surface area contributed by atoms with Gasteiger partial charge in [0.05, 0.1) is 17.7 Å². The number of hydrogen-bond acceptors (Lipinski definition) is 4. The summed E-state index contributed by atoms with van der Waals surface area (Å²) in [5.74, 6) is 0.880. The number of nitrogens with one attached hydrogen (secondary N) is 1. The Kier molecular flexibility index (Phi) is 5.56. The summed E-state index contributed by atoms with van der Waals surface area (Å²) in [6.45, 7) is 6.48. The van der Waals surface area contributed by atoms with Crippen molar-refractivity contribution in [3.8, 4) is 11.5 Å². The molecule has 0 radical (unpaired) electrons. The number of ether oxygens (including phenoxy) is 2. The lowest BCUT2D eigenvalue weighted by Gasteiger charge is -2.11. The first-order valence-corrected chi connectivity index (χ1v) is 8.53. The number of carbonyl (C=O) groups is 1. The third kappa shape index (κ3) is 4.17. The molecule has 2 N–H and O–H groups in total. The number of carboxylic acids is 1. The molecule has 1 heterocycles. The van der Waals surface area contributed by atoms with Gasteiger partial charge in [0.1, 0.15) is 17.9 Å². The van der Waals surface area contributed by atoms with E-state index in [0.717, 1.165) is 5.56 Å². The molecule has 0 aliphatic heterocycles. The van der Waals surface area contributed by atoms with Crippen LogP contribution in [-0.4, -0.2) is 34.3 Å². The molecule has 3 rings (SSSR count). The standard InChI is InChI=1S/C21H20N2O4/c1-3-12-27-17-10-8-14(13-18(17)26-4-2)9-11-19-22-16-7-5-6-15(21(24)25)20(16)23-19/h3,5-11,13H,1,4,12H2,2H3,(H,22,23)(H,24,25)/b11-9+. The predicted molar refractivity (Wildman–Crippen MR) is 105 cm³/mol. The molecule has 6 heteroatoms. The van der Waals surface area contributed by atoms with Gasteiger partial charge in [0.15, 0.2) is 11.5 Å². The highest BCUT2D eigenvalue weighted by atomic mass is 16.5. The second-order valence-electron chi connectivity index (χ2n) is 5.70. The van der Waals surface area contributed by atoms with Crippen molar-refractivity contribution in [2.45, 2.75) is 6.92 Å². The van der Waals surface area contributed by atoms with Gasteiger partial charge in [-0.3, -0.25) is 0 Å². The van der Waals surface area contributed by atoms with E-state index in [1.807, 2.05) is 31.2 Å². The van der Waals surface area contributed by atoms with Crippen molar-refractivity contribution in [3.05, 3.63) is 66.0 Å². The number of benzene rings is 2. The lowest BCUT2D eigenvalue weighted by molar-refractivity contribution is 0.0699. The fourth-order valence-electron chi connectivity index (χ4n) is 2.64. The lowest BCUT2D eigenvalue weighted by atomic mass is 10.2. The van der Waals surface area contributed by atoms with Gasteiger partial charge in [-0.05, 0) is 42.8 Å². The monoisotopic (exact) mass is 364 g/mol. The van der Waals surface area contributed by atoms with Gasteiger partial charge in [0, 0.05) is 0 Å². The fraction of sp³-hybridized carbons (Fsp3) is 0.143. The summed E-state index contributed by atoms with van der Waals surface area (Å²) in [6.07, 6.45) is 5.34. The average Bonchev–Trinajstić information content (AvgIpc) is 3.08. The molecule has 0 saturated heterocycles. The van der Waals surface area contributed by atoms with E-state index in [1.54, 1.807) is 24.3 Å². The summed E-state index contributed by atoms with van der Waals surface area (Å²) >= 11 is 0. The van der Waals surface area contributed by atoms with Crippen LogP contribution >= 0.6 is 0 Å². The van der Waals surface area contributed by atoms with Gasteiger partial charge < -0.3 is 19.6 Å². The summed E-state index contributed by atoms with van der Waals surface area (Å²) in [5, 5.41) is 9.26. The molecule has 0 bridgehead atoms. The number of carboxylic acid groups (broad SMARTS) is 1. The number of fused-ring (bicyclic) bond motifs is 1. The van der Waals surface area contributed by atoms with Crippen molar-refractivity contribution in [2.24, 2.45) is 0 Å². The van der Waals surface area contributed by atoms with Gasteiger partial charge >= 0.3 is 5.97 Å². The van der Waals surface area contributed by atoms with Crippen LogP contribution in [0.25, 0.3) is 23.2 Å². The van der Waals surface area contributed by atoms with E-state index in [-0.39, 0.29) is 5.56 Å². The Morgan fingerprint density at radius 1 is 1.22 bits per heavy atom. The van der Waals surface area contributed by atoms with Crippen LogP contribution in [0, 0.1) is 0 Å². The highest BCUT2D eigenvalue weighted by molar-refractivity contribution is 6.01. The largest absolute Gasteiger partial charge is 0.490 e. The van der Waals surface area contributed by atoms with Crippen LogP contribution in [0.1, 0.15) is 28.7 Å². The first-order chi connectivity index (χ1) is 13.1. The molecule has 0 saturated carbocycles. The van der Waals surface area contributed by atoms with Crippen LogP contribution in [0.3, 0.4) is 0 Å². The number of aromatic carboxylic acids is 1. The molecule has 2 aromatic carbocycles. The Balaban J connectivity index is 1.88. The molecule has 6 nitrogen and oxygen atoms in total. The van der Waals surface area contributed by atoms with Crippen LogP contribution in [0.15, 0.2) is 49.1 Å². The quantitative estimate of drug-likeness (QED) is 0.579. The number of aromatic nitrogens is 2. The molecule has 0 unspecified atom stereocenters. The third-order valence-electron chi connectivity index (χ3n) is 3.82. The van der Waals surface area contributed by atoms with Crippen LogP contribution in [0.2, 0.25) is 0 Å². The van der Waals surface area contributed by atoms with E-state index in [2.05, 4.69) is 16.5 Å². The number of nitrogens with zero attached hydrogens (tertiary/aromatic N) is 1. The maximum absolute atomic E-state index is 11.3. The summed E-state index contributed by atoms with van der Waals surface area (Å²) in [7, 11) is 0. The Morgan fingerprint density at radius 2 is 2.07 bits per heavy atom. The molecular formula is C21H20N2O4. The van der Waals surface area contributed by atoms with Crippen molar-refractivity contribution in [1.82, 2.24) is 9.97 Å². The highest BCUT2D eigenvalue weighted by Gasteiger charge is 2.11. The van der Waals surface area contributed by atoms with E-state index in [1.165, 1.54) is 6.07 Å². The van der Waals surface area contributed by atoms with Gasteiger partial charge in [-0.1, -0.05) is 30.9 Å². The number of aromatic amines is 1. The minimum absolute atomic E-state index is 0.172. The Morgan fingerprint density at radius 3 is 2.81 bits per heavy atom. The molecule has 0 aliphatic rings. The van der Waals surface area contributed by atoms with Gasteiger partial charge in [-0.15, -0.1) is 0 Å². The van der Waals surface area contributed by atoms with E-state index in [9.17, 15) is 9.90 Å². The zero-order chi connectivity index (χ0) is 19.2. The zero-order valence-corrected chi connectivity index (χ0v) is 14.9. The molecule has 27 heavy (non-hydrogen) atoms. The van der Waals surface area contributed by atoms with E-state index in [0.29, 0.717) is 41.6 Å². The third-order valence-corrected chi connectivity index (χ3v) is 3.82. The fourth-order valence-corrected chi connectivity index (χ4v) is 2.64. The van der Waals surface area contributed by atoms with Crippen LogP contribution in [-0.2, 0) is 0 Å². The molecule has 3 aromatic rings. The molecular weight excluding hydrogens is 344 g/mol. The summed E-state index contributed by atoms with van der Waals surface area (Å²) in [5.41, 5.74) is 2.19. The lowest BCUT2D eigenvalue weighted by Crippen LogP contribution is -1.99. The smallest absolute Gasteiger partial charge is 0.337 e. The first kappa shape index (κ1) is 18.3. The normalized spacial score (nSPS) is 11.0. The second-order valence-corrected chi connectivity index (χ2v) is 5.70. The second kappa shape index (κ2) is 8.23. The van der Waals surface area contributed by atoms with Crippen LogP contribution in [0.5, 0.6) is 11.5 Å². The number of hydrogen-bond donors (Lipinski definition) is 2. The Bertz CT molecular complexity index is 1000.